The van der Waals surface area contributed by atoms with E-state index in [-0.39, 0.29) is 46.5 Å². The molecule has 0 unspecified atom stereocenters. The summed E-state index contributed by atoms with van der Waals surface area (Å²) >= 11 is 3.13. The zero-order chi connectivity index (χ0) is 22.5. The molecule has 0 aliphatic heterocycles. The second-order valence-corrected chi connectivity index (χ2v) is 8.16. The number of rotatable bonds is 9. The van der Waals surface area contributed by atoms with Crippen molar-refractivity contribution in [2.75, 3.05) is 0 Å². The van der Waals surface area contributed by atoms with Crippen LogP contribution in [0.4, 0.5) is 0 Å². The van der Waals surface area contributed by atoms with Crippen LogP contribution in [0.15, 0.2) is 21.2 Å². The number of carboxylic acids is 1. The highest BCUT2D eigenvalue weighted by molar-refractivity contribution is 9.12. The van der Waals surface area contributed by atoms with E-state index in [0.717, 1.165) is 0 Å². The van der Waals surface area contributed by atoms with Crippen LogP contribution in [-0.4, -0.2) is 51.4 Å². The standard InChI is InChI=1S/C19H22BrN3O6/c1-9-14(17(27)15(20)10(2)16(9)26)19(3,4)7-13(25)23-12(18(28)29)6-5-11(24)8-22-21/h8,12H,5-7H2,1-4H3,(H,23,25)(H,28,29)/t12-/m0/s1. The molecule has 0 aromatic rings. The van der Waals surface area contributed by atoms with Crippen LogP contribution in [-0.2, 0) is 24.0 Å². The SMILES string of the molecule is CC1=C(Br)C(=O)C(C(C)(C)CC(=O)N[C@@H](CCC(=O)C=[N+]=[N-])C(=O)O)=C(C)C1=O. The van der Waals surface area contributed by atoms with Crippen molar-refractivity contribution in [1.29, 1.82) is 0 Å². The van der Waals surface area contributed by atoms with Gasteiger partial charge in [-0.15, -0.1) is 0 Å². The number of ketones is 3. The summed E-state index contributed by atoms with van der Waals surface area (Å²) in [6.45, 7) is 6.29. The number of allylic oxidation sites excluding steroid dienone is 4. The van der Waals surface area contributed by atoms with Gasteiger partial charge in [-0.1, -0.05) is 13.8 Å². The van der Waals surface area contributed by atoms with Gasteiger partial charge in [0.15, 0.2) is 11.6 Å². The number of aliphatic carboxylic acids is 1. The molecule has 1 atom stereocenters. The molecule has 0 bridgehead atoms. The van der Waals surface area contributed by atoms with Gasteiger partial charge in [-0.25, -0.2) is 4.79 Å². The van der Waals surface area contributed by atoms with E-state index in [1.54, 1.807) is 13.8 Å². The second-order valence-electron chi connectivity index (χ2n) is 7.37. The Kier molecular flexibility index (Phi) is 8.11. The second kappa shape index (κ2) is 9.67. The highest BCUT2D eigenvalue weighted by atomic mass is 79.9. The maximum atomic E-state index is 12.7. The first kappa shape index (κ1) is 24.3. The van der Waals surface area contributed by atoms with Gasteiger partial charge in [0.25, 0.3) is 0 Å². The number of nitrogens with one attached hydrogen (secondary N) is 1. The lowest BCUT2D eigenvalue weighted by atomic mass is 9.73. The van der Waals surface area contributed by atoms with Gasteiger partial charge < -0.3 is 16.0 Å². The quantitative estimate of drug-likeness (QED) is 0.228. The molecule has 0 saturated heterocycles. The minimum absolute atomic E-state index is 0.143. The van der Waals surface area contributed by atoms with Crippen molar-refractivity contribution in [2.24, 2.45) is 5.41 Å². The van der Waals surface area contributed by atoms with Crippen LogP contribution in [0.25, 0.3) is 5.53 Å². The van der Waals surface area contributed by atoms with Crippen molar-refractivity contribution in [3.63, 3.8) is 0 Å². The molecule has 1 aliphatic rings. The van der Waals surface area contributed by atoms with Crippen LogP contribution >= 0.6 is 15.9 Å². The van der Waals surface area contributed by atoms with Crippen molar-refractivity contribution < 1.29 is 33.9 Å². The Labute approximate surface area is 176 Å². The van der Waals surface area contributed by atoms with Gasteiger partial charge in [-0.05, 0) is 36.2 Å². The van der Waals surface area contributed by atoms with Crippen molar-refractivity contribution >= 4 is 51.4 Å². The van der Waals surface area contributed by atoms with Crippen LogP contribution in [0.3, 0.4) is 0 Å². The summed E-state index contributed by atoms with van der Waals surface area (Å²) in [6.07, 6.45) is -0.0239. The Morgan fingerprint density at radius 2 is 1.79 bits per heavy atom. The molecular weight excluding hydrogens is 446 g/mol. The number of carbonyl (C=O) groups excluding carboxylic acids is 4. The Morgan fingerprint density at radius 3 is 2.31 bits per heavy atom. The summed E-state index contributed by atoms with van der Waals surface area (Å²) in [6, 6.07) is -1.33. The van der Waals surface area contributed by atoms with E-state index in [4.69, 9.17) is 5.53 Å². The first-order valence-electron chi connectivity index (χ1n) is 8.73. The van der Waals surface area contributed by atoms with Gasteiger partial charge in [0.1, 0.15) is 6.04 Å². The van der Waals surface area contributed by atoms with Crippen LogP contribution in [0.2, 0.25) is 0 Å². The van der Waals surface area contributed by atoms with Crippen LogP contribution in [0.5, 0.6) is 0 Å². The Morgan fingerprint density at radius 1 is 1.21 bits per heavy atom. The molecule has 0 saturated carbocycles. The Balaban J connectivity index is 2.97. The van der Waals surface area contributed by atoms with Crippen molar-refractivity contribution in [3.05, 3.63) is 26.7 Å². The highest BCUT2D eigenvalue weighted by Crippen LogP contribution is 2.40. The van der Waals surface area contributed by atoms with Gasteiger partial charge >= 0.3 is 12.2 Å². The van der Waals surface area contributed by atoms with Gasteiger partial charge in [0.2, 0.25) is 11.7 Å². The fraction of sp³-hybridized carbons (Fsp3) is 0.474. The summed E-state index contributed by atoms with van der Waals surface area (Å²) in [7, 11) is 0. The Bertz CT molecular complexity index is 894. The van der Waals surface area contributed by atoms with Crippen LogP contribution in [0, 0.1) is 5.41 Å². The van der Waals surface area contributed by atoms with E-state index < -0.39 is 29.1 Å². The van der Waals surface area contributed by atoms with E-state index in [0.29, 0.717) is 11.8 Å². The molecule has 0 radical (unpaired) electrons. The largest absolute Gasteiger partial charge is 0.480 e. The number of Topliss-reactive ketones (excluding diaryl/α,β-unsaturated/α-hetero) is 3. The fourth-order valence-corrected chi connectivity index (χ4v) is 3.55. The predicted octanol–water partition coefficient (Wildman–Crippen LogP) is 1.76. The summed E-state index contributed by atoms with van der Waals surface area (Å²) in [5.41, 5.74) is 7.99. The summed E-state index contributed by atoms with van der Waals surface area (Å²) < 4.78 is 0.143. The molecule has 0 aromatic heterocycles. The third-order valence-electron chi connectivity index (χ3n) is 4.61. The van der Waals surface area contributed by atoms with Gasteiger partial charge in [0.05, 0.1) is 4.48 Å². The lowest BCUT2D eigenvalue weighted by Gasteiger charge is -2.31. The third-order valence-corrected chi connectivity index (χ3v) is 5.56. The molecule has 0 fully saturated rings. The van der Waals surface area contributed by atoms with E-state index in [9.17, 15) is 29.1 Å². The molecular formula is C19H22BrN3O6. The van der Waals surface area contributed by atoms with Crippen molar-refractivity contribution in [1.82, 2.24) is 5.32 Å². The first-order valence-corrected chi connectivity index (χ1v) is 9.52. The number of hydrogen-bond donors (Lipinski definition) is 2. The molecule has 0 heterocycles. The number of halogens is 1. The number of nitrogens with zero attached hydrogens (tertiary/aromatic N) is 2. The molecule has 2 N–H and O–H groups in total. The number of amides is 1. The van der Waals surface area contributed by atoms with Crippen LogP contribution in [0.1, 0.15) is 47.0 Å². The lowest BCUT2D eigenvalue weighted by Crippen LogP contribution is -2.43. The molecule has 1 aliphatic carbocycles. The number of hydrogen-bond acceptors (Lipinski definition) is 5. The summed E-state index contributed by atoms with van der Waals surface area (Å²) in [5, 5.41) is 11.6. The molecule has 29 heavy (non-hydrogen) atoms. The molecule has 10 heteroatoms. The van der Waals surface area contributed by atoms with Gasteiger partial charge in [0, 0.05) is 35.0 Å². The zero-order valence-corrected chi connectivity index (χ0v) is 18.1. The van der Waals surface area contributed by atoms with E-state index in [1.165, 1.54) is 13.8 Å². The highest BCUT2D eigenvalue weighted by Gasteiger charge is 2.39. The fourth-order valence-electron chi connectivity index (χ4n) is 3.17. The smallest absolute Gasteiger partial charge is 0.326 e. The van der Waals surface area contributed by atoms with Crippen LogP contribution < -0.4 is 5.32 Å². The number of carbonyl (C=O) groups is 5. The maximum absolute atomic E-state index is 12.7. The summed E-state index contributed by atoms with van der Waals surface area (Å²) in [4.78, 5) is 62.8. The minimum atomic E-state index is -1.33. The predicted molar refractivity (Wildman–Crippen MR) is 106 cm³/mol. The average molecular weight is 468 g/mol. The van der Waals surface area contributed by atoms with Crippen molar-refractivity contribution in [2.45, 2.75) is 53.0 Å². The molecule has 9 nitrogen and oxygen atoms in total. The van der Waals surface area contributed by atoms with Gasteiger partial charge in [-0.2, -0.15) is 4.79 Å². The van der Waals surface area contributed by atoms with Crippen molar-refractivity contribution in [3.8, 4) is 0 Å². The van der Waals surface area contributed by atoms with Gasteiger partial charge in [-0.3, -0.25) is 19.2 Å². The normalized spacial score (nSPS) is 15.8. The maximum Gasteiger partial charge on any atom is 0.326 e. The molecule has 156 valence electrons. The molecule has 0 spiro atoms. The summed E-state index contributed by atoms with van der Waals surface area (Å²) in [5.74, 6) is -3.25. The van der Waals surface area contributed by atoms with E-state index in [1.807, 2.05) is 0 Å². The molecule has 1 rings (SSSR count). The number of carboxylic acid groups (broad SMARTS) is 1. The molecule has 1 amide bonds. The topological polar surface area (TPSA) is 154 Å². The molecule has 0 aromatic carbocycles. The first-order chi connectivity index (χ1) is 13.3. The third kappa shape index (κ3) is 5.88. The monoisotopic (exact) mass is 467 g/mol. The van der Waals surface area contributed by atoms with E-state index in [2.05, 4.69) is 26.0 Å². The zero-order valence-electron chi connectivity index (χ0n) is 16.5. The minimum Gasteiger partial charge on any atom is -0.480 e. The average Bonchev–Trinajstić information content (AvgIpc) is 2.61. The lowest BCUT2D eigenvalue weighted by molar-refractivity contribution is -0.142. The van der Waals surface area contributed by atoms with E-state index >= 15 is 0 Å². The Hall–Kier alpha value is -2.71.